The molecule has 2 aliphatic rings. The molecule has 2 aliphatic carbocycles. The van der Waals surface area contributed by atoms with Crippen LogP contribution in [-0.2, 0) is 6.42 Å². The van der Waals surface area contributed by atoms with Crippen molar-refractivity contribution in [1.82, 2.24) is 0 Å². The van der Waals surface area contributed by atoms with Gasteiger partial charge < -0.3 is 4.74 Å². The molecule has 1 heteroatoms. The van der Waals surface area contributed by atoms with E-state index in [0.29, 0.717) is 6.61 Å². The molecule has 1 nitrogen and oxygen atoms in total. The van der Waals surface area contributed by atoms with E-state index >= 15 is 0 Å². The van der Waals surface area contributed by atoms with Gasteiger partial charge in [-0.2, -0.15) is 0 Å². The van der Waals surface area contributed by atoms with Gasteiger partial charge in [0, 0.05) is 0 Å². The first-order valence-corrected chi connectivity index (χ1v) is 14.1. The number of rotatable bonds is 13. The van der Waals surface area contributed by atoms with Crippen LogP contribution >= 0.6 is 0 Å². The molecule has 1 aromatic rings. The third-order valence-corrected chi connectivity index (χ3v) is 8.29. The Hall–Kier alpha value is -1.24. The molecule has 0 bridgehead atoms. The van der Waals surface area contributed by atoms with Gasteiger partial charge in [0.25, 0.3) is 0 Å². The van der Waals surface area contributed by atoms with E-state index < -0.39 is 0 Å². The van der Waals surface area contributed by atoms with E-state index in [1.807, 2.05) is 0 Å². The molecular weight excluding hydrogens is 388 g/mol. The standard InChI is InChI=1S/C31H50O/c1-3-5-6-9-27-13-15-28(16-14-27)10-7-25-32-31-23-21-30(22-24-31)20-19-29-17-11-26(8-4-2)12-18-29/h7,10,21-24,26-29H,3-6,8-9,11-20,25H2,1-2H3. The Balaban J connectivity index is 1.27. The van der Waals surface area contributed by atoms with Crippen molar-refractivity contribution in [3.05, 3.63) is 42.0 Å². The minimum Gasteiger partial charge on any atom is -0.490 e. The van der Waals surface area contributed by atoms with Gasteiger partial charge in [-0.1, -0.05) is 102 Å². The Morgan fingerprint density at radius 2 is 1.34 bits per heavy atom. The summed E-state index contributed by atoms with van der Waals surface area (Å²) in [5.74, 6) is 4.76. The van der Waals surface area contributed by atoms with E-state index in [1.165, 1.54) is 108 Å². The minimum atomic E-state index is 0.705. The van der Waals surface area contributed by atoms with Gasteiger partial charge in [0.2, 0.25) is 0 Å². The normalized spacial score (nSPS) is 26.4. The lowest BCUT2D eigenvalue weighted by molar-refractivity contribution is 0.252. The monoisotopic (exact) mass is 438 g/mol. The Bertz CT molecular complexity index is 614. The summed E-state index contributed by atoms with van der Waals surface area (Å²) in [6.07, 6.45) is 27.2. The summed E-state index contributed by atoms with van der Waals surface area (Å²) in [5, 5.41) is 0. The molecule has 0 atom stereocenters. The fraction of sp³-hybridized carbons (Fsp3) is 0.742. The van der Waals surface area contributed by atoms with E-state index in [-0.39, 0.29) is 0 Å². The largest absolute Gasteiger partial charge is 0.490 e. The van der Waals surface area contributed by atoms with Crippen LogP contribution in [-0.4, -0.2) is 6.61 Å². The first-order chi connectivity index (χ1) is 15.8. The predicted octanol–water partition coefficient (Wildman–Crippen LogP) is 9.55. The summed E-state index contributed by atoms with van der Waals surface area (Å²) in [6.45, 7) is 5.34. The van der Waals surface area contributed by atoms with Crippen LogP contribution in [0.1, 0.15) is 116 Å². The molecule has 2 saturated carbocycles. The van der Waals surface area contributed by atoms with Crippen molar-refractivity contribution >= 4 is 0 Å². The highest BCUT2D eigenvalue weighted by atomic mass is 16.5. The summed E-state index contributed by atoms with van der Waals surface area (Å²) >= 11 is 0. The Labute approximate surface area is 199 Å². The first-order valence-electron chi connectivity index (χ1n) is 14.1. The molecular formula is C31H50O. The molecule has 32 heavy (non-hydrogen) atoms. The zero-order chi connectivity index (χ0) is 22.4. The lowest BCUT2D eigenvalue weighted by Gasteiger charge is -2.28. The van der Waals surface area contributed by atoms with Crippen LogP contribution in [0.5, 0.6) is 5.75 Å². The number of hydrogen-bond acceptors (Lipinski definition) is 1. The lowest BCUT2D eigenvalue weighted by atomic mass is 9.78. The van der Waals surface area contributed by atoms with Gasteiger partial charge in [0.15, 0.2) is 0 Å². The van der Waals surface area contributed by atoms with Gasteiger partial charge in [-0.25, -0.2) is 0 Å². The molecule has 0 spiro atoms. The van der Waals surface area contributed by atoms with Crippen molar-refractivity contribution in [1.29, 1.82) is 0 Å². The third-order valence-electron chi connectivity index (χ3n) is 8.29. The summed E-state index contributed by atoms with van der Waals surface area (Å²) < 4.78 is 5.98. The SMILES string of the molecule is CCCCCC1CCC(C=CCOc2ccc(CCC3CCC(CCC)CC3)cc2)CC1. The average molecular weight is 439 g/mol. The molecule has 0 aromatic heterocycles. The van der Waals surface area contributed by atoms with Crippen molar-refractivity contribution < 1.29 is 4.74 Å². The van der Waals surface area contributed by atoms with Crippen LogP contribution in [0, 0.1) is 23.7 Å². The molecule has 0 heterocycles. The maximum absolute atomic E-state index is 5.98. The number of ether oxygens (including phenoxy) is 1. The first kappa shape index (κ1) is 25.4. The fourth-order valence-corrected chi connectivity index (χ4v) is 6.08. The van der Waals surface area contributed by atoms with Gasteiger partial charge >= 0.3 is 0 Å². The van der Waals surface area contributed by atoms with Crippen LogP contribution in [0.25, 0.3) is 0 Å². The van der Waals surface area contributed by atoms with Gasteiger partial charge in [0.05, 0.1) is 0 Å². The van der Waals surface area contributed by atoms with Crippen LogP contribution in [0.4, 0.5) is 0 Å². The third kappa shape index (κ3) is 9.32. The highest BCUT2D eigenvalue weighted by Crippen LogP contribution is 2.34. The summed E-state index contributed by atoms with van der Waals surface area (Å²) in [4.78, 5) is 0. The van der Waals surface area contributed by atoms with E-state index in [0.717, 1.165) is 29.4 Å². The Kier molecular flexibility index (Phi) is 11.8. The topological polar surface area (TPSA) is 9.23 Å². The molecule has 1 aromatic carbocycles. The number of benzene rings is 1. The summed E-state index contributed by atoms with van der Waals surface area (Å²) in [7, 11) is 0. The summed E-state index contributed by atoms with van der Waals surface area (Å²) in [5.41, 5.74) is 1.47. The molecule has 2 fully saturated rings. The lowest BCUT2D eigenvalue weighted by Crippen LogP contribution is -2.15. The zero-order valence-electron chi connectivity index (χ0n) is 21.2. The second-order valence-corrected chi connectivity index (χ2v) is 10.9. The van der Waals surface area contributed by atoms with Crippen LogP contribution in [0.3, 0.4) is 0 Å². The second kappa shape index (κ2) is 14.8. The van der Waals surface area contributed by atoms with Crippen LogP contribution < -0.4 is 4.74 Å². The molecule has 0 radical (unpaired) electrons. The van der Waals surface area contributed by atoms with E-state index in [9.17, 15) is 0 Å². The van der Waals surface area contributed by atoms with Crippen molar-refractivity contribution in [3.63, 3.8) is 0 Å². The van der Waals surface area contributed by atoms with E-state index in [1.54, 1.807) is 0 Å². The number of allylic oxidation sites excluding steroid dienone is 1. The van der Waals surface area contributed by atoms with Gasteiger partial charge in [0.1, 0.15) is 12.4 Å². The molecule has 0 saturated heterocycles. The fourth-order valence-electron chi connectivity index (χ4n) is 6.08. The number of aryl methyl sites for hydroxylation is 1. The number of hydrogen-bond donors (Lipinski definition) is 0. The van der Waals surface area contributed by atoms with E-state index in [2.05, 4.69) is 50.3 Å². The smallest absolute Gasteiger partial charge is 0.119 e. The Morgan fingerprint density at radius 1 is 0.719 bits per heavy atom. The molecule has 0 aliphatic heterocycles. The van der Waals surface area contributed by atoms with Gasteiger partial charge in [-0.15, -0.1) is 0 Å². The number of unbranched alkanes of at least 4 members (excludes halogenated alkanes) is 2. The van der Waals surface area contributed by atoms with Crippen molar-refractivity contribution in [2.45, 2.75) is 117 Å². The quantitative estimate of drug-likeness (QED) is 0.220. The predicted molar refractivity (Wildman–Crippen MR) is 139 cm³/mol. The van der Waals surface area contributed by atoms with E-state index in [4.69, 9.17) is 4.74 Å². The molecule has 3 rings (SSSR count). The van der Waals surface area contributed by atoms with Crippen LogP contribution in [0.15, 0.2) is 36.4 Å². The van der Waals surface area contributed by atoms with Crippen molar-refractivity contribution in [2.24, 2.45) is 23.7 Å². The van der Waals surface area contributed by atoms with Crippen molar-refractivity contribution in [2.75, 3.05) is 6.61 Å². The van der Waals surface area contributed by atoms with Crippen LogP contribution in [0.2, 0.25) is 0 Å². The Morgan fingerprint density at radius 3 is 2.00 bits per heavy atom. The minimum absolute atomic E-state index is 0.705. The maximum atomic E-state index is 5.98. The van der Waals surface area contributed by atoms with Gasteiger partial charge in [-0.3, -0.25) is 0 Å². The highest BCUT2D eigenvalue weighted by Gasteiger charge is 2.20. The molecule has 180 valence electrons. The second-order valence-electron chi connectivity index (χ2n) is 10.9. The maximum Gasteiger partial charge on any atom is 0.119 e. The molecule has 0 N–H and O–H groups in total. The average Bonchev–Trinajstić information content (AvgIpc) is 2.83. The summed E-state index contributed by atoms with van der Waals surface area (Å²) in [6, 6.07) is 8.90. The molecule has 0 unspecified atom stereocenters. The molecule has 0 amide bonds. The zero-order valence-corrected chi connectivity index (χ0v) is 21.2. The van der Waals surface area contributed by atoms with Gasteiger partial charge in [-0.05, 0) is 79.9 Å². The highest BCUT2D eigenvalue weighted by molar-refractivity contribution is 5.27. The van der Waals surface area contributed by atoms with Crippen molar-refractivity contribution in [3.8, 4) is 5.75 Å².